The molecule has 6 nitrogen and oxygen atoms in total. The largest absolute Gasteiger partial charge is 0.367 e. The van der Waals surface area contributed by atoms with Crippen molar-refractivity contribution < 1.29 is 4.79 Å². The molecule has 4 rings (SSSR count). The van der Waals surface area contributed by atoms with Gasteiger partial charge in [0.1, 0.15) is 17.0 Å². The highest BCUT2D eigenvalue weighted by atomic mass is 32.1. The van der Waals surface area contributed by atoms with Crippen LogP contribution in [0.4, 0.5) is 5.82 Å². The van der Waals surface area contributed by atoms with Crippen molar-refractivity contribution in [3.8, 4) is 0 Å². The zero-order chi connectivity index (χ0) is 18.1. The number of hydrogen-bond acceptors (Lipinski definition) is 6. The summed E-state index contributed by atoms with van der Waals surface area (Å²) >= 11 is 1.73. The van der Waals surface area contributed by atoms with Crippen LogP contribution in [-0.2, 0) is 4.79 Å². The minimum Gasteiger partial charge on any atom is -0.367 e. The number of aromatic nitrogens is 2. The second kappa shape index (κ2) is 7.48. The number of aryl methyl sites for hydroxylation is 2. The van der Waals surface area contributed by atoms with Gasteiger partial charge in [-0.2, -0.15) is 0 Å². The summed E-state index contributed by atoms with van der Waals surface area (Å²) in [4.78, 5) is 27.9. The Kier molecular flexibility index (Phi) is 5.09. The van der Waals surface area contributed by atoms with Crippen molar-refractivity contribution in [3.63, 3.8) is 0 Å². The third-order valence-corrected chi connectivity index (χ3v) is 6.83. The SMILES string of the molecule is Cc1sc2ncnc(NC3CCN(CC(=O)N4CCCC4)CC3)c2c1C. The quantitative estimate of drug-likeness (QED) is 0.893. The topological polar surface area (TPSA) is 61.4 Å². The van der Waals surface area contributed by atoms with Gasteiger partial charge in [0, 0.05) is 37.1 Å². The molecule has 140 valence electrons. The summed E-state index contributed by atoms with van der Waals surface area (Å²) in [5.41, 5.74) is 1.28. The van der Waals surface area contributed by atoms with E-state index in [9.17, 15) is 4.79 Å². The van der Waals surface area contributed by atoms with Crippen LogP contribution in [0.25, 0.3) is 10.2 Å². The first kappa shape index (κ1) is 17.7. The average Bonchev–Trinajstić information content (AvgIpc) is 3.26. The van der Waals surface area contributed by atoms with Crippen LogP contribution >= 0.6 is 11.3 Å². The molecule has 0 aromatic carbocycles. The molecule has 1 N–H and O–H groups in total. The molecule has 0 atom stereocenters. The van der Waals surface area contributed by atoms with E-state index >= 15 is 0 Å². The first-order valence-electron chi connectivity index (χ1n) is 9.59. The molecule has 2 aliphatic heterocycles. The number of hydrogen-bond donors (Lipinski definition) is 1. The summed E-state index contributed by atoms with van der Waals surface area (Å²) in [6.07, 6.45) is 6.06. The zero-order valence-electron chi connectivity index (χ0n) is 15.6. The predicted molar refractivity (Wildman–Crippen MR) is 106 cm³/mol. The van der Waals surface area contributed by atoms with Gasteiger partial charge in [-0.05, 0) is 45.1 Å². The smallest absolute Gasteiger partial charge is 0.236 e. The van der Waals surface area contributed by atoms with Crippen LogP contribution in [0.15, 0.2) is 6.33 Å². The number of carbonyl (C=O) groups excluding carboxylic acids is 1. The molecule has 0 bridgehead atoms. The van der Waals surface area contributed by atoms with Crippen molar-refractivity contribution in [2.75, 3.05) is 38.0 Å². The van der Waals surface area contributed by atoms with E-state index < -0.39 is 0 Å². The molecule has 0 spiro atoms. The minimum absolute atomic E-state index is 0.302. The highest BCUT2D eigenvalue weighted by Crippen LogP contribution is 2.33. The Hall–Kier alpha value is -1.73. The first-order chi connectivity index (χ1) is 12.6. The van der Waals surface area contributed by atoms with Gasteiger partial charge < -0.3 is 10.2 Å². The Morgan fingerprint density at radius 1 is 1.19 bits per heavy atom. The van der Waals surface area contributed by atoms with Crippen LogP contribution < -0.4 is 5.32 Å². The molecule has 2 aromatic rings. The molecule has 0 radical (unpaired) electrons. The molecular formula is C19H27N5OS. The molecule has 2 fully saturated rings. The number of amides is 1. The number of anilines is 1. The van der Waals surface area contributed by atoms with Gasteiger partial charge >= 0.3 is 0 Å². The summed E-state index contributed by atoms with van der Waals surface area (Å²) < 4.78 is 0. The standard InChI is InChI=1S/C19H27N5OS/c1-13-14(2)26-19-17(13)18(20-12-21-19)22-15-5-9-23(10-6-15)11-16(25)24-7-3-4-8-24/h12,15H,3-11H2,1-2H3,(H,20,21,22). The number of carbonyl (C=O) groups is 1. The third kappa shape index (κ3) is 3.55. The number of rotatable bonds is 4. The third-order valence-electron chi connectivity index (χ3n) is 5.71. The second-order valence-electron chi connectivity index (χ2n) is 7.47. The Bertz CT molecular complexity index is 791. The van der Waals surface area contributed by atoms with Gasteiger partial charge in [0.25, 0.3) is 0 Å². The number of nitrogens with one attached hydrogen (secondary N) is 1. The van der Waals surface area contributed by atoms with Crippen molar-refractivity contribution in [1.82, 2.24) is 19.8 Å². The fraction of sp³-hybridized carbons (Fsp3) is 0.632. The lowest BCUT2D eigenvalue weighted by atomic mass is 10.0. The molecular weight excluding hydrogens is 346 g/mol. The van der Waals surface area contributed by atoms with Crippen molar-refractivity contribution in [1.29, 1.82) is 0 Å². The predicted octanol–water partition coefficient (Wildman–Crippen LogP) is 2.81. The molecule has 4 heterocycles. The van der Waals surface area contributed by atoms with Crippen LogP contribution in [0.3, 0.4) is 0 Å². The van der Waals surface area contributed by atoms with Gasteiger partial charge in [0.05, 0.1) is 11.9 Å². The molecule has 2 aromatic heterocycles. The molecule has 0 saturated carbocycles. The lowest BCUT2D eigenvalue weighted by molar-refractivity contribution is -0.131. The monoisotopic (exact) mass is 373 g/mol. The summed E-state index contributed by atoms with van der Waals surface area (Å²) in [5.74, 6) is 1.26. The van der Waals surface area contributed by atoms with Gasteiger partial charge in [-0.15, -0.1) is 11.3 Å². The molecule has 0 unspecified atom stereocenters. The Morgan fingerprint density at radius 2 is 1.92 bits per heavy atom. The van der Waals surface area contributed by atoms with E-state index in [-0.39, 0.29) is 0 Å². The van der Waals surface area contributed by atoms with E-state index in [2.05, 4.69) is 34.0 Å². The van der Waals surface area contributed by atoms with E-state index in [0.29, 0.717) is 18.5 Å². The van der Waals surface area contributed by atoms with Crippen molar-refractivity contribution in [2.24, 2.45) is 0 Å². The van der Waals surface area contributed by atoms with Crippen LogP contribution in [0.2, 0.25) is 0 Å². The van der Waals surface area contributed by atoms with E-state index in [1.165, 1.54) is 15.8 Å². The van der Waals surface area contributed by atoms with Crippen molar-refractivity contribution >= 4 is 33.3 Å². The Labute approximate surface area is 158 Å². The number of thiophene rings is 1. The maximum atomic E-state index is 12.3. The highest BCUT2D eigenvalue weighted by Gasteiger charge is 2.25. The number of nitrogens with zero attached hydrogens (tertiary/aromatic N) is 4. The number of piperidine rings is 1. The van der Waals surface area contributed by atoms with Gasteiger partial charge in [-0.25, -0.2) is 9.97 Å². The lowest BCUT2D eigenvalue weighted by Gasteiger charge is -2.33. The van der Waals surface area contributed by atoms with E-state index in [1.54, 1.807) is 17.7 Å². The van der Waals surface area contributed by atoms with Crippen molar-refractivity contribution in [3.05, 3.63) is 16.8 Å². The van der Waals surface area contributed by atoms with Crippen LogP contribution in [0.5, 0.6) is 0 Å². The summed E-state index contributed by atoms with van der Waals surface area (Å²) in [5, 5.41) is 4.81. The Balaban J connectivity index is 1.35. The maximum absolute atomic E-state index is 12.3. The number of fused-ring (bicyclic) bond motifs is 1. The highest BCUT2D eigenvalue weighted by molar-refractivity contribution is 7.18. The summed E-state index contributed by atoms with van der Waals surface area (Å²) in [7, 11) is 0. The van der Waals surface area contributed by atoms with Gasteiger partial charge in [0.15, 0.2) is 0 Å². The molecule has 0 aliphatic carbocycles. The molecule has 26 heavy (non-hydrogen) atoms. The van der Waals surface area contributed by atoms with Gasteiger partial charge in [-0.3, -0.25) is 9.69 Å². The molecule has 1 amide bonds. The molecule has 2 saturated heterocycles. The molecule has 7 heteroatoms. The van der Waals surface area contributed by atoms with E-state index in [4.69, 9.17) is 0 Å². The summed E-state index contributed by atoms with van der Waals surface area (Å²) in [6, 6.07) is 0.408. The fourth-order valence-corrected chi connectivity index (χ4v) is 4.98. The second-order valence-corrected chi connectivity index (χ2v) is 8.67. The van der Waals surface area contributed by atoms with Crippen LogP contribution in [-0.4, -0.2) is 64.4 Å². The van der Waals surface area contributed by atoms with Crippen LogP contribution in [0, 0.1) is 13.8 Å². The Morgan fingerprint density at radius 3 is 2.65 bits per heavy atom. The van der Waals surface area contributed by atoms with Crippen LogP contribution in [0.1, 0.15) is 36.1 Å². The molecule has 2 aliphatic rings. The normalized spacial score (nSPS) is 19.4. The van der Waals surface area contributed by atoms with Gasteiger partial charge in [0.2, 0.25) is 5.91 Å². The zero-order valence-corrected chi connectivity index (χ0v) is 16.4. The van der Waals surface area contributed by atoms with E-state index in [0.717, 1.165) is 62.5 Å². The fourth-order valence-electron chi connectivity index (χ4n) is 3.98. The van der Waals surface area contributed by atoms with E-state index in [1.807, 2.05) is 4.90 Å². The minimum atomic E-state index is 0.302. The first-order valence-corrected chi connectivity index (χ1v) is 10.4. The maximum Gasteiger partial charge on any atom is 0.236 e. The lowest BCUT2D eigenvalue weighted by Crippen LogP contribution is -2.44. The van der Waals surface area contributed by atoms with Gasteiger partial charge in [-0.1, -0.05) is 0 Å². The van der Waals surface area contributed by atoms with Crippen molar-refractivity contribution in [2.45, 2.75) is 45.6 Å². The average molecular weight is 374 g/mol. The number of likely N-dealkylation sites (tertiary alicyclic amines) is 2. The summed E-state index contributed by atoms with van der Waals surface area (Å²) in [6.45, 7) is 8.68.